The number of thioether (sulfide) groups is 1. The van der Waals surface area contributed by atoms with Gasteiger partial charge in [-0.05, 0) is 48.1 Å². The molecule has 0 aromatic heterocycles. The molecule has 2 N–H and O–H groups in total. The van der Waals surface area contributed by atoms with Gasteiger partial charge in [0.2, 0.25) is 0 Å². The van der Waals surface area contributed by atoms with Crippen molar-refractivity contribution in [1.82, 2.24) is 4.90 Å². The van der Waals surface area contributed by atoms with E-state index in [2.05, 4.69) is 35.6 Å². The van der Waals surface area contributed by atoms with Gasteiger partial charge in [0.15, 0.2) is 0 Å². The number of nitrogens with zero attached hydrogens (tertiary/aromatic N) is 1. The Morgan fingerprint density at radius 1 is 0.923 bits per heavy atom. The number of anilines is 2. The van der Waals surface area contributed by atoms with Crippen molar-refractivity contribution >= 4 is 40.8 Å². The Balaban J connectivity index is 1.31. The fourth-order valence-corrected chi connectivity index (χ4v) is 5.71. The lowest BCUT2D eigenvalue weighted by Crippen LogP contribution is -2.21. The van der Waals surface area contributed by atoms with Crippen LogP contribution in [0.25, 0.3) is 0 Å². The van der Waals surface area contributed by atoms with Gasteiger partial charge in [-0.3, -0.25) is 0 Å². The number of hydrogen-bond acceptors (Lipinski definition) is 4. The molecule has 0 aliphatic carbocycles. The molecule has 2 amide bonds. The maximum Gasteiger partial charge on any atom is 0.323 e. The van der Waals surface area contributed by atoms with Crippen molar-refractivity contribution in [3.8, 4) is 5.75 Å². The smallest absolute Gasteiger partial charge is 0.323 e. The Bertz CT molecular complexity index is 1050. The summed E-state index contributed by atoms with van der Waals surface area (Å²) in [6.07, 6.45) is 18.0. The number of benzene rings is 2. The van der Waals surface area contributed by atoms with Gasteiger partial charge in [0.05, 0.1) is 17.5 Å². The molecule has 1 aliphatic rings. The number of carbonyl (C=O) groups is 1. The molecular formula is C32H46ClN3O2S. The van der Waals surface area contributed by atoms with E-state index in [1.807, 2.05) is 48.2 Å². The summed E-state index contributed by atoms with van der Waals surface area (Å²) in [5.41, 5.74) is 2.49. The quantitative estimate of drug-likeness (QED) is 0.175. The molecule has 5 nitrogen and oxygen atoms in total. The maximum absolute atomic E-state index is 12.7. The Morgan fingerprint density at radius 2 is 1.59 bits per heavy atom. The summed E-state index contributed by atoms with van der Waals surface area (Å²) in [6.45, 7) is 5.79. The zero-order valence-electron chi connectivity index (χ0n) is 23.8. The molecule has 0 saturated carbocycles. The van der Waals surface area contributed by atoms with Crippen LogP contribution in [0, 0.1) is 0 Å². The summed E-state index contributed by atoms with van der Waals surface area (Å²) in [5.74, 6) is 1.58. The summed E-state index contributed by atoms with van der Waals surface area (Å²) in [5, 5.41) is 6.36. The minimum absolute atomic E-state index is 0.300. The number of para-hydroxylation sites is 1. The summed E-state index contributed by atoms with van der Waals surface area (Å²) in [6, 6.07) is 13.0. The van der Waals surface area contributed by atoms with E-state index in [0.29, 0.717) is 23.1 Å². The number of rotatable bonds is 18. The van der Waals surface area contributed by atoms with Crippen molar-refractivity contribution in [2.45, 2.75) is 97.4 Å². The van der Waals surface area contributed by atoms with Crippen LogP contribution in [0.3, 0.4) is 0 Å². The molecule has 3 rings (SSSR count). The molecule has 0 bridgehead atoms. The van der Waals surface area contributed by atoms with Crippen LogP contribution in [-0.2, 0) is 6.54 Å². The van der Waals surface area contributed by atoms with Crippen molar-refractivity contribution in [2.24, 2.45) is 0 Å². The zero-order valence-corrected chi connectivity index (χ0v) is 25.3. The van der Waals surface area contributed by atoms with E-state index in [1.54, 1.807) is 6.07 Å². The van der Waals surface area contributed by atoms with Crippen molar-refractivity contribution < 1.29 is 9.53 Å². The van der Waals surface area contributed by atoms with Gasteiger partial charge < -0.3 is 20.3 Å². The lowest BCUT2D eigenvalue weighted by atomic mass is 10.1. The largest absolute Gasteiger partial charge is 0.492 e. The van der Waals surface area contributed by atoms with Gasteiger partial charge >= 0.3 is 6.03 Å². The second-order valence-corrected chi connectivity index (χ2v) is 12.0. The van der Waals surface area contributed by atoms with E-state index in [1.165, 1.54) is 75.5 Å². The molecule has 0 saturated heterocycles. The van der Waals surface area contributed by atoms with Crippen LogP contribution in [-0.4, -0.2) is 23.4 Å². The monoisotopic (exact) mass is 571 g/mol. The predicted molar refractivity (Wildman–Crippen MR) is 169 cm³/mol. The third-order valence-corrected chi connectivity index (χ3v) is 8.22. The Hall–Kier alpha value is -2.31. The van der Waals surface area contributed by atoms with E-state index in [9.17, 15) is 4.79 Å². The first-order valence-electron chi connectivity index (χ1n) is 14.7. The number of carbonyl (C=O) groups excluding carboxylic acids is 1. The van der Waals surface area contributed by atoms with Crippen LogP contribution in [0.15, 0.2) is 53.6 Å². The van der Waals surface area contributed by atoms with E-state index in [4.69, 9.17) is 16.3 Å². The molecule has 2 aromatic carbocycles. The van der Waals surface area contributed by atoms with E-state index in [-0.39, 0.29) is 6.03 Å². The lowest BCUT2D eigenvalue weighted by molar-refractivity contribution is 0.262. The molecule has 0 radical (unpaired) electrons. The first-order chi connectivity index (χ1) is 19.0. The molecule has 0 fully saturated rings. The summed E-state index contributed by atoms with van der Waals surface area (Å²) < 4.78 is 5.90. The van der Waals surface area contributed by atoms with Gasteiger partial charge in [-0.1, -0.05) is 107 Å². The molecule has 39 heavy (non-hydrogen) atoms. The zero-order chi connectivity index (χ0) is 27.7. The van der Waals surface area contributed by atoms with Crippen molar-refractivity contribution in [1.29, 1.82) is 0 Å². The highest BCUT2D eigenvalue weighted by Crippen LogP contribution is 2.29. The number of urea groups is 1. The van der Waals surface area contributed by atoms with Crippen LogP contribution >= 0.6 is 23.4 Å². The molecule has 2 aromatic rings. The topological polar surface area (TPSA) is 53.6 Å². The third kappa shape index (κ3) is 12.2. The average molecular weight is 572 g/mol. The fraction of sp³-hybridized carbons (Fsp3) is 0.531. The molecule has 1 aliphatic heterocycles. The second-order valence-electron chi connectivity index (χ2n) is 10.4. The highest BCUT2D eigenvalue weighted by molar-refractivity contribution is 8.03. The number of ether oxygens (including phenoxy) is 1. The van der Waals surface area contributed by atoms with Gasteiger partial charge in [-0.25, -0.2) is 4.79 Å². The first kappa shape index (κ1) is 31.2. The number of unbranched alkanes of at least 4 members (excludes halogenated alkanes) is 11. The van der Waals surface area contributed by atoms with E-state index in [0.717, 1.165) is 30.1 Å². The number of allylic oxidation sites excluding steroid dienone is 1. The van der Waals surface area contributed by atoms with Gasteiger partial charge in [0, 0.05) is 24.1 Å². The predicted octanol–water partition coefficient (Wildman–Crippen LogP) is 10.4. The van der Waals surface area contributed by atoms with Crippen LogP contribution < -0.4 is 15.4 Å². The summed E-state index contributed by atoms with van der Waals surface area (Å²) in [4.78, 5) is 16.2. The Labute approximate surface area is 245 Å². The van der Waals surface area contributed by atoms with Crippen LogP contribution in [0.2, 0.25) is 5.02 Å². The Morgan fingerprint density at radius 3 is 2.23 bits per heavy atom. The molecule has 0 spiro atoms. The standard InChI is InChI=1S/C32H46ClN3O2S/c1-3-4-5-6-7-8-9-10-11-12-13-16-21-38-31-20-19-28(22-29(31)33)34-32(37)35-30-18-15-14-17-27(30)24-36-23-26(2)39-25-36/h14-15,17-20,22-23H,3-13,16,21,24-25H2,1-2H3,(H2,34,35,37). The molecular weight excluding hydrogens is 526 g/mol. The normalized spacial score (nSPS) is 12.9. The fourth-order valence-electron chi connectivity index (χ4n) is 4.71. The minimum Gasteiger partial charge on any atom is -0.492 e. The maximum atomic E-state index is 12.7. The van der Waals surface area contributed by atoms with Crippen molar-refractivity contribution in [2.75, 3.05) is 23.1 Å². The van der Waals surface area contributed by atoms with Gasteiger partial charge in [-0.15, -0.1) is 11.8 Å². The van der Waals surface area contributed by atoms with Gasteiger partial charge in [0.1, 0.15) is 5.75 Å². The summed E-state index contributed by atoms with van der Waals surface area (Å²) >= 11 is 8.27. The molecule has 214 valence electrons. The van der Waals surface area contributed by atoms with Crippen LogP contribution in [0.1, 0.15) is 96.5 Å². The SMILES string of the molecule is CCCCCCCCCCCCCCOc1ccc(NC(=O)Nc2ccccc2CN2C=C(C)SC2)cc1Cl. The van der Waals surface area contributed by atoms with Crippen LogP contribution in [0.5, 0.6) is 5.75 Å². The first-order valence-corrected chi connectivity index (χ1v) is 16.0. The highest BCUT2D eigenvalue weighted by atomic mass is 35.5. The molecule has 0 unspecified atom stereocenters. The van der Waals surface area contributed by atoms with Gasteiger partial charge in [0.25, 0.3) is 0 Å². The molecule has 7 heteroatoms. The second kappa shape index (κ2) is 18.1. The lowest BCUT2D eigenvalue weighted by Gasteiger charge is -2.18. The van der Waals surface area contributed by atoms with Crippen molar-refractivity contribution in [3.05, 3.63) is 64.2 Å². The third-order valence-electron chi connectivity index (χ3n) is 6.91. The minimum atomic E-state index is -0.300. The average Bonchev–Trinajstić information content (AvgIpc) is 3.33. The molecule has 1 heterocycles. The number of nitrogens with one attached hydrogen (secondary N) is 2. The summed E-state index contributed by atoms with van der Waals surface area (Å²) in [7, 11) is 0. The van der Waals surface area contributed by atoms with E-state index < -0.39 is 0 Å². The van der Waals surface area contributed by atoms with Crippen molar-refractivity contribution in [3.63, 3.8) is 0 Å². The number of hydrogen-bond donors (Lipinski definition) is 2. The number of amides is 2. The van der Waals surface area contributed by atoms with Gasteiger partial charge in [-0.2, -0.15) is 0 Å². The van der Waals surface area contributed by atoms with Crippen LogP contribution in [0.4, 0.5) is 16.2 Å². The molecule has 0 atom stereocenters. The highest BCUT2D eigenvalue weighted by Gasteiger charge is 2.14. The van der Waals surface area contributed by atoms with E-state index >= 15 is 0 Å². The Kier molecular flexibility index (Phi) is 14.5. The number of halogens is 1.